The van der Waals surface area contributed by atoms with Crippen LogP contribution < -0.4 is 14.9 Å². The van der Waals surface area contributed by atoms with Crippen molar-refractivity contribution in [3.05, 3.63) is 113 Å². The van der Waals surface area contributed by atoms with Crippen LogP contribution in [-0.4, -0.2) is 28.2 Å². The van der Waals surface area contributed by atoms with Crippen LogP contribution in [0.25, 0.3) is 17.4 Å². The second kappa shape index (κ2) is 10.4. The second-order valence-electron chi connectivity index (χ2n) is 8.41. The Kier molecular flexibility index (Phi) is 7.00. The molecule has 38 heavy (non-hydrogen) atoms. The van der Waals surface area contributed by atoms with E-state index < -0.39 is 18.0 Å². The average molecular weight is 593 g/mol. The number of thiazole rings is 1. The van der Waals surface area contributed by atoms with Crippen molar-refractivity contribution in [2.75, 3.05) is 6.61 Å². The number of allylic oxidation sites excluding steroid dienone is 1. The lowest BCUT2D eigenvalue weighted by atomic mass is 9.96. The standard InChI is InChI=1S/C28H21BrN2O6S/c1-3-36-27(35)23-15(2)30-28-31(24(23)16-8-10-17(29)11-9-16)25(32)22(38-28)14-18-12-13-21(37-18)19-6-4-5-7-20(19)26(33)34/h4-14,24H,3H2,1-2H3,(H,33,34)/b22-14-/t24-/m0/s1. The van der Waals surface area contributed by atoms with E-state index in [0.29, 0.717) is 37.7 Å². The molecule has 2 aromatic carbocycles. The van der Waals surface area contributed by atoms with E-state index in [0.717, 1.165) is 10.0 Å². The van der Waals surface area contributed by atoms with Crippen LogP contribution in [0.2, 0.25) is 0 Å². The molecule has 0 radical (unpaired) electrons. The van der Waals surface area contributed by atoms with Crippen molar-refractivity contribution in [1.29, 1.82) is 0 Å². The van der Waals surface area contributed by atoms with Crippen molar-refractivity contribution in [2.24, 2.45) is 4.99 Å². The highest BCUT2D eigenvalue weighted by Gasteiger charge is 2.33. The normalized spacial score (nSPS) is 15.2. The van der Waals surface area contributed by atoms with Gasteiger partial charge in [-0.05, 0) is 49.7 Å². The van der Waals surface area contributed by atoms with Gasteiger partial charge in [0.25, 0.3) is 5.56 Å². The van der Waals surface area contributed by atoms with E-state index >= 15 is 0 Å². The first kappa shape index (κ1) is 25.6. The number of carbonyl (C=O) groups excluding carboxylic acids is 1. The van der Waals surface area contributed by atoms with E-state index in [1.54, 1.807) is 50.3 Å². The van der Waals surface area contributed by atoms with Crippen LogP contribution in [0.15, 0.2) is 90.6 Å². The molecule has 3 heterocycles. The Morgan fingerprint density at radius 2 is 1.89 bits per heavy atom. The van der Waals surface area contributed by atoms with Crippen molar-refractivity contribution < 1.29 is 23.8 Å². The van der Waals surface area contributed by atoms with Gasteiger partial charge in [-0.3, -0.25) is 9.36 Å². The Balaban J connectivity index is 1.64. The summed E-state index contributed by atoms with van der Waals surface area (Å²) in [6.45, 7) is 3.65. The third kappa shape index (κ3) is 4.68. The molecule has 0 amide bonds. The van der Waals surface area contributed by atoms with Crippen molar-refractivity contribution in [2.45, 2.75) is 19.9 Å². The number of aromatic carboxylic acids is 1. The highest BCUT2D eigenvalue weighted by Crippen LogP contribution is 2.31. The van der Waals surface area contributed by atoms with E-state index in [1.807, 2.05) is 24.3 Å². The van der Waals surface area contributed by atoms with Crippen molar-refractivity contribution in [3.63, 3.8) is 0 Å². The number of furan rings is 1. The number of benzene rings is 2. The maximum Gasteiger partial charge on any atom is 0.338 e. The predicted molar refractivity (Wildman–Crippen MR) is 146 cm³/mol. The fourth-order valence-corrected chi connectivity index (χ4v) is 5.63. The van der Waals surface area contributed by atoms with Crippen molar-refractivity contribution in [1.82, 2.24) is 4.57 Å². The van der Waals surface area contributed by atoms with Gasteiger partial charge in [0.15, 0.2) is 4.80 Å². The molecule has 0 fully saturated rings. The summed E-state index contributed by atoms with van der Waals surface area (Å²) < 4.78 is 13.9. The summed E-state index contributed by atoms with van der Waals surface area (Å²) in [5.74, 6) is -0.835. The number of carbonyl (C=O) groups is 2. The molecule has 5 rings (SSSR count). The second-order valence-corrected chi connectivity index (χ2v) is 10.3. The number of hydrogen-bond acceptors (Lipinski definition) is 7. The summed E-state index contributed by atoms with van der Waals surface area (Å²) in [5.41, 5.74) is 1.74. The van der Waals surface area contributed by atoms with Gasteiger partial charge in [-0.2, -0.15) is 0 Å². The SMILES string of the molecule is CCOC(=O)C1=C(C)N=c2s/c(=C\c3ccc(-c4ccccc4C(=O)O)o3)c(=O)n2[C@H]1c1ccc(Br)cc1. The van der Waals surface area contributed by atoms with Gasteiger partial charge in [0, 0.05) is 16.1 Å². The fraction of sp³-hybridized carbons (Fsp3) is 0.143. The minimum absolute atomic E-state index is 0.115. The number of nitrogens with zero attached hydrogens (tertiary/aromatic N) is 2. The summed E-state index contributed by atoms with van der Waals surface area (Å²) >= 11 is 4.61. The highest BCUT2D eigenvalue weighted by molar-refractivity contribution is 9.10. The monoisotopic (exact) mass is 592 g/mol. The fourth-order valence-electron chi connectivity index (χ4n) is 4.34. The highest BCUT2D eigenvalue weighted by atomic mass is 79.9. The molecule has 1 aliphatic heterocycles. The van der Waals surface area contributed by atoms with E-state index in [9.17, 15) is 19.5 Å². The third-order valence-electron chi connectivity index (χ3n) is 6.03. The largest absolute Gasteiger partial charge is 0.478 e. The molecule has 0 spiro atoms. The molecule has 1 atom stereocenters. The van der Waals surface area contributed by atoms with E-state index in [1.165, 1.54) is 22.0 Å². The van der Waals surface area contributed by atoms with E-state index in [-0.39, 0.29) is 17.7 Å². The van der Waals surface area contributed by atoms with Crippen molar-refractivity contribution >= 4 is 45.3 Å². The Hall–Kier alpha value is -4.02. The van der Waals surface area contributed by atoms with Gasteiger partial charge >= 0.3 is 11.9 Å². The van der Waals surface area contributed by atoms with Crippen LogP contribution in [0, 0.1) is 0 Å². The number of rotatable bonds is 6. The first-order valence-corrected chi connectivity index (χ1v) is 13.3. The van der Waals surface area contributed by atoms with Gasteiger partial charge in [0.1, 0.15) is 11.5 Å². The van der Waals surface area contributed by atoms with E-state index in [2.05, 4.69) is 20.9 Å². The number of carboxylic acids is 1. The van der Waals surface area contributed by atoms with Crippen LogP contribution in [0.1, 0.15) is 41.6 Å². The van der Waals surface area contributed by atoms with Crippen LogP contribution in [0.5, 0.6) is 0 Å². The maximum atomic E-state index is 13.7. The van der Waals surface area contributed by atoms with E-state index in [4.69, 9.17) is 9.15 Å². The number of ether oxygens (including phenoxy) is 1. The molecule has 10 heteroatoms. The van der Waals surface area contributed by atoms with Gasteiger partial charge < -0.3 is 14.3 Å². The Labute approximate surface area is 229 Å². The number of fused-ring (bicyclic) bond motifs is 1. The number of halogens is 1. The van der Waals surface area contributed by atoms with Crippen molar-refractivity contribution in [3.8, 4) is 11.3 Å². The molecule has 1 aliphatic rings. The first-order valence-electron chi connectivity index (χ1n) is 11.7. The number of esters is 1. The maximum absolute atomic E-state index is 13.7. The molecule has 0 unspecified atom stereocenters. The van der Waals surface area contributed by atoms with Crippen LogP contribution in [-0.2, 0) is 9.53 Å². The molecule has 4 aromatic rings. The van der Waals surface area contributed by atoms with Crippen LogP contribution >= 0.6 is 27.3 Å². The lowest BCUT2D eigenvalue weighted by molar-refractivity contribution is -0.139. The molecule has 8 nitrogen and oxygen atoms in total. The van der Waals surface area contributed by atoms with Gasteiger partial charge in [-0.15, -0.1) is 0 Å². The molecule has 0 saturated carbocycles. The minimum atomic E-state index is -1.06. The van der Waals surface area contributed by atoms with Gasteiger partial charge in [-0.1, -0.05) is 57.6 Å². The first-order chi connectivity index (χ1) is 18.3. The van der Waals surface area contributed by atoms with Gasteiger partial charge in [-0.25, -0.2) is 14.6 Å². The van der Waals surface area contributed by atoms with Gasteiger partial charge in [0.05, 0.1) is 34.0 Å². The Bertz CT molecular complexity index is 1780. The molecule has 2 aromatic heterocycles. The van der Waals surface area contributed by atoms with Crippen LogP contribution in [0.3, 0.4) is 0 Å². The smallest absolute Gasteiger partial charge is 0.338 e. The molecule has 0 bridgehead atoms. The summed E-state index contributed by atoms with van der Waals surface area (Å²) in [6.07, 6.45) is 1.60. The predicted octanol–water partition coefficient (Wildman–Crippen LogP) is 4.52. The third-order valence-corrected chi connectivity index (χ3v) is 7.54. The Morgan fingerprint density at radius 1 is 1.16 bits per heavy atom. The topological polar surface area (TPSA) is 111 Å². The zero-order chi connectivity index (χ0) is 27.0. The molecule has 1 N–H and O–H groups in total. The molecule has 192 valence electrons. The van der Waals surface area contributed by atoms with Crippen LogP contribution in [0.4, 0.5) is 0 Å². The quantitative estimate of drug-likeness (QED) is 0.329. The zero-order valence-electron chi connectivity index (χ0n) is 20.3. The molecular weight excluding hydrogens is 572 g/mol. The summed E-state index contributed by atoms with van der Waals surface area (Å²) in [5, 5.41) is 9.51. The Morgan fingerprint density at radius 3 is 2.61 bits per heavy atom. The summed E-state index contributed by atoms with van der Waals surface area (Å²) in [6, 6.07) is 16.6. The number of hydrogen-bond donors (Lipinski definition) is 1. The molecule has 0 aliphatic carbocycles. The lowest BCUT2D eigenvalue weighted by Crippen LogP contribution is -2.39. The summed E-state index contributed by atoms with van der Waals surface area (Å²) in [7, 11) is 0. The van der Waals surface area contributed by atoms with Gasteiger partial charge in [0.2, 0.25) is 0 Å². The zero-order valence-corrected chi connectivity index (χ0v) is 22.7. The number of carboxylic acid groups (broad SMARTS) is 1. The molecular formula is C28H21BrN2O6S. The lowest BCUT2D eigenvalue weighted by Gasteiger charge is -2.24. The average Bonchev–Trinajstić information content (AvgIpc) is 3.48. The summed E-state index contributed by atoms with van der Waals surface area (Å²) in [4.78, 5) is 43.3. The molecule has 0 saturated heterocycles. The number of aromatic nitrogens is 1. The minimum Gasteiger partial charge on any atom is -0.478 e.